The summed E-state index contributed by atoms with van der Waals surface area (Å²) in [6.45, 7) is 19.8. The molecule has 36 heavy (non-hydrogen) atoms. The number of hydrogen-bond donors (Lipinski definition) is 5. The summed E-state index contributed by atoms with van der Waals surface area (Å²) in [5, 5.41) is 14.3. The maximum Gasteiger partial charge on any atom is 0.0234 e. The van der Waals surface area contributed by atoms with Gasteiger partial charge in [0.05, 0.1) is 0 Å². The lowest BCUT2D eigenvalue weighted by Crippen LogP contribution is -2.47. The van der Waals surface area contributed by atoms with Gasteiger partial charge in [0.25, 0.3) is 0 Å². The highest BCUT2D eigenvalue weighted by Gasteiger charge is 2.15. The molecule has 0 aliphatic carbocycles. The fourth-order valence-corrected chi connectivity index (χ4v) is 5.06. The van der Waals surface area contributed by atoms with Crippen LogP contribution in [0, 0.1) is 0 Å². The minimum atomic E-state index is 0.807. The number of hydrogen-bond acceptors (Lipinski definition) is 8. The first-order valence-corrected chi connectivity index (χ1v) is 14.6. The molecule has 0 spiro atoms. The SMILES string of the molecule is NCCCN1CCN(CCCNCc2ccc(CN3CCCNCCNCCCNCC3)cc2)CC1. The number of rotatable bonds is 11. The minimum Gasteiger partial charge on any atom is -0.330 e. The highest BCUT2D eigenvalue weighted by molar-refractivity contribution is 5.22. The summed E-state index contributed by atoms with van der Waals surface area (Å²) in [5.41, 5.74) is 8.44. The van der Waals surface area contributed by atoms with Crippen molar-refractivity contribution >= 4 is 0 Å². The Bertz CT molecular complexity index is 633. The fraction of sp³-hybridized carbons (Fsp3) is 0.786. The molecule has 6 N–H and O–H groups in total. The Morgan fingerprint density at radius 1 is 0.639 bits per heavy atom. The van der Waals surface area contributed by atoms with Crippen LogP contribution < -0.4 is 27.0 Å². The van der Waals surface area contributed by atoms with Crippen molar-refractivity contribution in [1.29, 1.82) is 0 Å². The van der Waals surface area contributed by atoms with Crippen molar-refractivity contribution in [3.8, 4) is 0 Å². The van der Waals surface area contributed by atoms with Crippen molar-refractivity contribution in [2.75, 3.05) is 105 Å². The molecular weight excluding hydrogens is 448 g/mol. The van der Waals surface area contributed by atoms with Crippen molar-refractivity contribution in [2.24, 2.45) is 5.73 Å². The van der Waals surface area contributed by atoms with Crippen molar-refractivity contribution in [2.45, 2.75) is 38.8 Å². The third-order valence-electron chi connectivity index (χ3n) is 7.35. The Kier molecular flexibility index (Phi) is 15.6. The van der Waals surface area contributed by atoms with Gasteiger partial charge in [-0.15, -0.1) is 0 Å². The van der Waals surface area contributed by atoms with Gasteiger partial charge in [-0.05, 0) is 89.2 Å². The molecule has 2 aliphatic rings. The van der Waals surface area contributed by atoms with Crippen LogP contribution in [0.5, 0.6) is 0 Å². The van der Waals surface area contributed by atoms with Crippen LogP contribution in [0.25, 0.3) is 0 Å². The largest absolute Gasteiger partial charge is 0.330 e. The van der Waals surface area contributed by atoms with E-state index < -0.39 is 0 Å². The summed E-state index contributed by atoms with van der Waals surface area (Å²) >= 11 is 0. The Hall–Kier alpha value is -1.10. The molecule has 1 aromatic rings. The molecule has 0 amide bonds. The topological polar surface area (TPSA) is 83.9 Å². The van der Waals surface area contributed by atoms with Gasteiger partial charge < -0.3 is 36.8 Å². The van der Waals surface area contributed by atoms with Crippen LogP contribution in [0.15, 0.2) is 24.3 Å². The molecule has 2 heterocycles. The van der Waals surface area contributed by atoms with E-state index in [0.717, 1.165) is 91.5 Å². The van der Waals surface area contributed by atoms with Crippen LogP contribution in [0.1, 0.15) is 36.8 Å². The summed E-state index contributed by atoms with van der Waals surface area (Å²) in [6, 6.07) is 9.26. The lowest BCUT2D eigenvalue weighted by atomic mass is 10.1. The van der Waals surface area contributed by atoms with Crippen LogP contribution in [-0.4, -0.2) is 119 Å². The van der Waals surface area contributed by atoms with Crippen molar-refractivity contribution < 1.29 is 0 Å². The number of nitrogens with zero attached hydrogens (tertiary/aromatic N) is 3. The standard InChI is InChI=1S/C28H54N8/c29-9-1-17-34-21-23-35(24-22-34)18-4-13-33-25-27-5-7-28(8-6-27)26-36-19-3-12-31-15-14-30-10-2-11-32-16-20-36/h5-8,30-33H,1-4,9-26,29H2. The maximum atomic E-state index is 5.64. The van der Waals surface area contributed by atoms with Crippen LogP contribution >= 0.6 is 0 Å². The molecule has 2 fully saturated rings. The van der Waals surface area contributed by atoms with Gasteiger partial charge in [0.2, 0.25) is 0 Å². The Morgan fingerprint density at radius 2 is 1.25 bits per heavy atom. The van der Waals surface area contributed by atoms with Gasteiger partial charge in [-0.1, -0.05) is 24.3 Å². The molecule has 2 aliphatic heterocycles. The average Bonchev–Trinajstić information content (AvgIpc) is 2.91. The van der Waals surface area contributed by atoms with E-state index in [4.69, 9.17) is 5.73 Å². The zero-order valence-electron chi connectivity index (χ0n) is 22.8. The van der Waals surface area contributed by atoms with Gasteiger partial charge >= 0.3 is 0 Å². The summed E-state index contributed by atoms with van der Waals surface area (Å²) in [6.07, 6.45) is 4.74. The van der Waals surface area contributed by atoms with E-state index in [-0.39, 0.29) is 0 Å². The Labute approximate surface area is 220 Å². The van der Waals surface area contributed by atoms with Gasteiger partial charge in [-0.2, -0.15) is 0 Å². The molecular formula is C28H54N8. The second kappa shape index (κ2) is 19.0. The van der Waals surface area contributed by atoms with E-state index in [9.17, 15) is 0 Å². The molecule has 0 atom stereocenters. The van der Waals surface area contributed by atoms with Crippen LogP contribution in [0.3, 0.4) is 0 Å². The molecule has 3 rings (SSSR count). The second-order valence-corrected chi connectivity index (χ2v) is 10.4. The lowest BCUT2D eigenvalue weighted by molar-refractivity contribution is 0.131. The van der Waals surface area contributed by atoms with Gasteiger partial charge in [-0.25, -0.2) is 0 Å². The van der Waals surface area contributed by atoms with Gasteiger partial charge in [0, 0.05) is 65.4 Å². The smallest absolute Gasteiger partial charge is 0.0234 e. The first-order valence-electron chi connectivity index (χ1n) is 14.6. The number of benzene rings is 1. The predicted molar refractivity (Wildman–Crippen MR) is 152 cm³/mol. The molecule has 0 saturated carbocycles. The first kappa shape index (κ1) is 29.5. The zero-order chi connectivity index (χ0) is 25.1. The highest BCUT2D eigenvalue weighted by Crippen LogP contribution is 2.09. The van der Waals surface area contributed by atoms with E-state index in [1.165, 1.54) is 63.1 Å². The average molecular weight is 503 g/mol. The summed E-state index contributed by atoms with van der Waals surface area (Å²) < 4.78 is 0. The second-order valence-electron chi connectivity index (χ2n) is 10.4. The van der Waals surface area contributed by atoms with E-state index in [2.05, 4.69) is 60.2 Å². The van der Waals surface area contributed by atoms with Crippen molar-refractivity contribution in [3.63, 3.8) is 0 Å². The maximum absolute atomic E-state index is 5.64. The molecule has 8 nitrogen and oxygen atoms in total. The number of piperazine rings is 1. The van der Waals surface area contributed by atoms with E-state index in [1.807, 2.05) is 0 Å². The Balaban J connectivity index is 1.28. The van der Waals surface area contributed by atoms with Crippen LogP contribution in [0.2, 0.25) is 0 Å². The third-order valence-corrected chi connectivity index (χ3v) is 7.35. The first-order chi connectivity index (χ1) is 17.8. The van der Waals surface area contributed by atoms with Gasteiger partial charge in [-0.3, -0.25) is 4.90 Å². The van der Waals surface area contributed by atoms with Gasteiger partial charge in [0.1, 0.15) is 0 Å². The van der Waals surface area contributed by atoms with Gasteiger partial charge in [0.15, 0.2) is 0 Å². The fourth-order valence-electron chi connectivity index (χ4n) is 5.06. The summed E-state index contributed by atoms with van der Waals surface area (Å²) in [7, 11) is 0. The van der Waals surface area contributed by atoms with E-state index in [0.29, 0.717) is 0 Å². The quantitative estimate of drug-likeness (QED) is 0.280. The summed E-state index contributed by atoms with van der Waals surface area (Å²) in [4.78, 5) is 7.77. The molecule has 206 valence electrons. The highest BCUT2D eigenvalue weighted by atomic mass is 15.3. The van der Waals surface area contributed by atoms with Crippen LogP contribution in [-0.2, 0) is 13.1 Å². The minimum absolute atomic E-state index is 0.807. The molecule has 0 bridgehead atoms. The monoisotopic (exact) mass is 502 g/mol. The van der Waals surface area contributed by atoms with Crippen molar-refractivity contribution in [1.82, 2.24) is 36.0 Å². The Morgan fingerprint density at radius 3 is 1.94 bits per heavy atom. The molecule has 2 saturated heterocycles. The zero-order valence-corrected chi connectivity index (χ0v) is 22.8. The third kappa shape index (κ3) is 12.9. The summed E-state index contributed by atoms with van der Waals surface area (Å²) in [5.74, 6) is 0. The van der Waals surface area contributed by atoms with E-state index in [1.54, 1.807) is 0 Å². The van der Waals surface area contributed by atoms with Crippen molar-refractivity contribution in [3.05, 3.63) is 35.4 Å². The predicted octanol–water partition coefficient (Wildman–Crippen LogP) is 0.497. The molecule has 8 heteroatoms. The normalized spacial score (nSPS) is 20.8. The van der Waals surface area contributed by atoms with Crippen LogP contribution in [0.4, 0.5) is 0 Å². The molecule has 1 aromatic carbocycles. The molecule has 0 radical (unpaired) electrons. The molecule has 0 aromatic heterocycles. The van der Waals surface area contributed by atoms with E-state index >= 15 is 0 Å². The molecule has 0 unspecified atom stereocenters. The number of nitrogens with one attached hydrogen (secondary N) is 4. The number of nitrogens with two attached hydrogens (primary N) is 1. The lowest BCUT2D eigenvalue weighted by Gasteiger charge is -2.34.